The molecular formula is C28H38N6O8. The van der Waals surface area contributed by atoms with Crippen molar-refractivity contribution in [3.8, 4) is 5.75 Å². The summed E-state index contributed by atoms with van der Waals surface area (Å²) in [5, 5.41) is 28.4. The molecule has 0 saturated heterocycles. The van der Waals surface area contributed by atoms with E-state index in [-0.39, 0.29) is 42.1 Å². The fourth-order valence-corrected chi connectivity index (χ4v) is 6.52. The van der Waals surface area contributed by atoms with Crippen LogP contribution in [0.1, 0.15) is 43.1 Å². The Labute approximate surface area is 243 Å². The molecule has 14 heteroatoms. The van der Waals surface area contributed by atoms with E-state index in [2.05, 4.69) is 15.6 Å². The number of carbonyl (C=O) groups excluding carboxylic acids is 6. The van der Waals surface area contributed by atoms with Crippen LogP contribution >= 0.6 is 0 Å². The third-order valence-electron chi connectivity index (χ3n) is 8.37. The van der Waals surface area contributed by atoms with Crippen molar-refractivity contribution in [2.75, 3.05) is 45.0 Å². The van der Waals surface area contributed by atoms with Crippen molar-refractivity contribution in [1.29, 1.82) is 0 Å². The molecule has 0 radical (unpaired) electrons. The van der Waals surface area contributed by atoms with Crippen LogP contribution in [0.5, 0.6) is 5.75 Å². The van der Waals surface area contributed by atoms with Crippen LogP contribution in [0.3, 0.4) is 0 Å². The number of hydrogen-bond acceptors (Lipinski definition) is 12. The van der Waals surface area contributed by atoms with Gasteiger partial charge in [0.05, 0.1) is 24.1 Å². The second-order valence-corrected chi connectivity index (χ2v) is 12.8. The average Bonchev–Trinajstić information content (AvgIpc) is 2.85. The number of fused-ring (bicyclic) bond motifs is 3. The van der Waals surface area contributed by atoms with Crippen molar-refractivity contribution in [3.05, 3.63) is 11.1 Å². The van der Waals surface area contributed by atoms with Crippen LogP contribution in [0, 0.1) is 23.7 Å². The molecule has 3 aliphatic rings. The average molecular weight is 587 g/mol. The molecule has 0 aromatic carbocycles. The molecule has 14 nitrogen and oxygen atoms in total. The lowest BCUT2D eigenvalue weighted by atomic mass is 9.52. The molecule has 0 bridgehead atoms. The fourth-order valence-electron chi connectivity index (χ4n) is 6.52. The van der Waals surface area contributed by atoms with Gasteiger partial charge in [0.25, 0.3) is 0 Å². The van der Waals surface area contributed by atoms with Crippen molar-refractivity contribution in [1.82, 2.24) is 15.2 Å². The predicted octanol–water partition coefficient (Wildman–Crippen LogP) is -1.35. The van der Waals surface area contributed by atoms with Crippen molar-refractivity contribution >= 4 is 46.6 Å². The van der Waals surface area contributed by atoms with Gasteiger partial charge in [-0.1, -0.05) is 0 Å². The number of primary amides is 1. The molecule has 2 saturated carbocycles. The maximum atomic E-state index is 14.0. The van der Waals surface area contributed by atoms with E-state index in [1.807, 2.05) is 20.8 Å². The zero-order valence-corrected chi connectivity index (χ0v) is 24.8. The molecule has 228 valence electrons. The highest BCUT2D eigenvalue weighted by Gasteiger charge is 2.69. The molecule has 0 aliphatic heterocycles. The zero-order valence-electron chi connectivity index (χ0n) is 24.8. The number of aromatic hydroxyl groups is 1. The van der Waals surface area contributed by atoms with Crippen LogP contribution < -0.4 is 21.3 Å². The first-order valence-corrected chi connectivity index (χ1v) is 13.7. The minimum atomic E-state index is -2.82. The number of pyridine rings is 1. The summed E-state index contributed by atoms with van der Waals surface area (Å²) in [4.78, 5) is 86.9. The van der Waals surface area contributed by atoms with Crippen molar-refractivity contribution in [2.24, 2.45) is 29.4 Å². The maximum Gasteiger partial charge on any atom is 0.239 e. The Morgan fingerprint density at radius 3 is 2.24 bits per heavy atom. The van der Waals surface area contributed by atoms with Gasteiger partial charge in [0.15, 0.2) is 46.2 Å². The zero-order chi connectivity index (χ0) is 31.6. The molecule has 42 heavy (non-hydrogen) atoms. The molecule has 3 aliphatic carbocycles. The summed E-state index contributed by atoms with van der Waals surface area (Å²) in [6.07, 6.45) is -0.0196. The highest BCUT2D eigenvalue weighted by molar-refractivity contribution is 6.32. The number of rotatable bonds is 6. The quantitative estimate of drug-likeness (QED) is 0.245. The normalized spacial score (nSPS) is 29.1. The summed E-state index contributed by atoms with van der Waals surface area (Å²) < 4.78 is 0. The molecule has 4 rings (SSSR count). The van der Waals surface area contributed by atoms with Gasteiger partial charge < -0.3 is 31.5 Å². The topological polar surface area (TPSA) is 212 Å². The summed E-state index contributed by atoms with van der Waals surface area (Å²) in [5.41, 5.74) is 2.24. The number of nitrogens with two attached hydrogens (primary N) is 1. The van der Waals surface area contributed by atoms with Crippen LogP contribution in [0.25, 0.3) is 0 Å². The van der Waals surface area contributed by atoms with Gasteiger partial charge in [0.2, 0.25) is 11.8 Å². The molecule has 2 amide bonds. The van der Waals surface area contributed by atoms with E-state index >= 15 is 0 Å². The first-order chi connectivity index (χ1) is 19.3. The van der Waals surface area contributed by atoms with Gasteiger partial charge in [-0.15, -0.1) is 0 Å². The van der Waals surface area contributed by atoms with Gasteiger partial charge in [0, 0.05) is 31.1 Å². The first-order valence-electron chi connectivity index (χ1n) is 13.7. The molecule has 1 heterocycles. The number of nitrogens with zero attached hydrogens (tertiary/aromatic N) is 3. The highest BCUT2D eigenvalue weighted by Crippen LogP contribution is 2.52. The third kappa shape index (κ3) is 4.86. The molecule has 6 N–H and O–H groups in total. The summed E-state index contributed by atoms with van der Waals surface area (Å²) in [6.45, 7) is 5.49. The van der Waals surface area contributed by atoms with Crippen LogP contribution in [0.4, 0.5) is 11.6 Å². The number of nitrogens with one attached hydrogen (secondary N) is 2. The summed E-state index contributed by atoms with van der Waals surface area (Å²) >= 11 is 0. The minimum absolute atomic E-state index is 0.0553. The Balaban J connectivity index is 1.81. The van der Waals surface area contributed by atoms with E-state index in [1.165, 1.54) is 19.0 Å². The van der Waals surface area contributed by atoms with Crippen LogP contribution in [-0.2, 0) is 30.4 Å². The Bertz CT molecular complexity index is 1400. The molecule has 2 fully saturated rings. The molecule has 6 unspecified atom stereocenters. The number of amides is 2. The number of hydrogen-bond donors (Lipinski definition) is 5. The van der Waals surface area contributed by atoms with E-state index in [4.69, 9.17) is 5.73 Å². The summed E-state index contributed by atoms with van der Waals surface area (Å²) in [7, 11) is 6.37. The molecular weight excluding hydrogens is 548 g/mol. The largest absolute Gasteiger partial charge is 0.504 e. The predicted molar refractivity (Wildman–Crippen MR) is 150 cm³/mol. The fraction of sp³-hybridized carbons (Fsp3) is 0.607. The van der Waals surface area contributed by atoms with Gasteiger partial charge >= 0.3 is 0 Å². The van der Waals surface area contributed by atoms with Gasteiger partial charge in [-0.05, 0) is 53.6 Å². The number of aliphatic hydroxyl groups is 1. The second-order valence-electron chi connectivity index (χ2n) is 12.8. The lowest BCUT2D eigenvalue weighted by Crippen LogP contribution is -2.74. The van der Waals surface area contributed by atoms with Crippen molar-refractivity contribution < 1.29 is 39.0 Å². The SMILES string of the molecule is CN(C)c1nc(NC(=O)CNC(C)(C)C)c(O)c2c1CC1CC3C(N(C)C)C(=O)C(C(N)=O)C(=O)C3(O)C(=O)C1C2=O. The third-order valence-corrected chi connectivity index (χ3v) is 8.37. The lowest BCUT2D eigenvalue weighted by molar-refractivity contribution is -0.181. The van der Waals surface area contributed by atoms with Crippen LogP contribution in [0.15, 0.2) is 0 Å². The van der Waals surface area contributed by atoms with Crippen LogP contribution in [0.2, 0.25) is 0 Å². The van der Waals surface area contributed by atoms with E-state index in [0.717, 1.165) is 0 Å². The number of anilines is 2. The maximum absolute atomic E-state index is 14.0. The summed E-state index contributed by atoms with van der Waals surface area (Å²) in [5.74, 6) is -12.2. The van der Waals surface area contributed by atoms with Crippen LogP contribution in [-0.4, -0.2) is 107 Å². The van der Waals surface area contributed by atoms with E-state index in [9.17, 15) is 39.0 Å². The standard InChI is InChI=1S/C28H38N6O8/c1-27(2,3)30-10-14(35)31-25-21(38)16-12(26(32-25)34(6)7)8-11-9-13-18(33(4)5)20(37)17(24(29)41)23(40)28(13,42)22(39)15(11)19(16)36/h11,13,15,17-18,30,38,42H,8-10H2,1-7H3,(H2,29,41)(H,31,32,35). The monoisotopic (exact) mass is 586 g/mol. The van der Waals surface area contributed by atoms with Gasteiger partial charge in [-0.3, -0.25) is 33.7 Å². The van der Waals surface area contributed by atoms with Gasteiger partial charge in [-0.2, -0.15) is 0 Å². The minimum Gasteiger partial charge on any atom is -0.504 e. The highest BCUT2D eigenvalue weighted by atomic mass is 16.3. The molecule has 1 aromatic heterocycles. The van der Waals surface area contributed by atoms with Gasteiger partial charge in [0.1, 0.15) is 5.82 Å². The van der Waals surface area contributed by atoms with Crippen molar-refractivity contribution in [3.63, 3.8) is 0 Å². The van der Waals surface area contributed by atoms with E-state index in [0.29, 0.717) is 5.56 Å². The van der Waals surface area contributed by atoms with Crippen molar-refractivity contribution in [2.45, 2.75) is 50.8 Å². The lowest BCUT2D eigenvalue weighted by Gasteiger charge is -2.52. The van der Waals surface area contributed by atoms with E-state index in [1.54, 1.807) is 19.0 Å². The second kappa shape index (κ2) is 10.5. The number of likely N-dealkylation sites (N-methyl/N-ethyl adjacent to an activating group) is 1. The Morgan fingerprint density at radius 1 is 1.10 bits per heavy atom. The molecule has 1 aromatic rings. The van der Waals surface area contributed by atoms with Gasteiger partial charge in [-0.25, -0.2) is 4.98 Å². The Kier molecular flexibility index (Phi) is 7.80. The number of aromatic nitrogens is 1. The smallest absolute Gasteiger partial charge is 0.239 e. The number of carbonyl (C=O) groups is 6. The summed E-state index contributed by atoms with van der Waals surface area (Å²) in [6, 6.07) is -1.19. The first kappa shape index (κ1) is 31.2. The Morgan fingerprint density at radius 2 is 1.71 bits per heavy atom. The number of Topliss-reactive ketones (excluding diaryl/α,β-unsaturated/α-hetero) is 4. The molecule has 0 spiro atoms. The number of ketones is 4. The van der Waals surface area contributed by atoms with E-state index < -0.39 is 76.0 Å². The Hall–Kier alpha value is -3.75. The molecule has 6 atom stereocenters.